The van der Waals surface area contributed by atoms with E-state index in [1.165, 1.54) is 12.1 Å². The molecule has 0 aliphatic carbocycles. The average molecular weight is 294 g/mol. The standard InChI is InChI=1S/C15H22N2O4/c1-15(2,3)21-14(20)17-7-6-16-9-12(17)11-5-4-10(18)8-13(11)19/h4-5,8,12,16,18-19H,6-7,9H2,1-3H3. The molecule has 1 aromatic rings. The fourth-order valence-electron chi connectivity index (χ4n) is 2.34. The van der Waals surface area contributed by atoms with Crippen molar-refractivity contribution in [3.05, 3.63) is 23.8 Å². The fraction of sp³-hybridized carbons (Fsp3) is 0.533. The molecule has 0 radical (unpaired) electrons. The Morgan fingerprint density at radius 2 is 2.10 bits per heavy atom. The van der Waals surface area contributed by atoms with Gasteiger partial charge in [-0.05, 0) is 32.9 Å². The minimum atomic E-state index is -0.566. The van der Waals surface area contributed by atoms with E-state index in [0.29, 0.717) is 25.2 Å². The predicted octanol–water partition coefficient (Wildman–Crippen LogP) is 1.98. The van der Waals surface area contributed by atoms with Crippen LogP contribution >= 0.6 is 0 Å². The van der Waals surface area contributed by atoms with Crippen molar-refractivity contribution in [2.75, 3.05) is 19.6 Å². The van der Waals surface area contributed by atoms with Gasteiger partial charge < -0.3 is 20.3 Å². The highest BCUT2D eigenvalue weighted by atomic mass is 16.6. The van der Waals surface area contributed by atoms with Crippen LogP contribution in [0.4, 0.5) is 4.79 Å². The van der Waals surface area contributed by atoms with Gasteiger partial charge in [0.05, 0.1) is 6.04 Å². The summed E-state index contributed by atoms with van der Waals surface area (Å²) in [6, 6.07) is 4.07. The molecule has 21 heavy (non-hydrogen) atoms. The number of hydrogen-bond donors (Lipinski definition) is 3. The molecule has 1 aromatic carbocycles. The Bertz CT molecular complexity index is 525. The Labute approximate surface area is 124 Å². The summed E-state index contributed by atoms with van der Waals surface area (Å²) < 4.78 is 5.42. The second-order valence-corrected chi connectivity index (χ2v) is 6.14. The highest BCUT2D eigenvalue weighted by molar-refractivity contribution is 5.69. The largest absolute Gasteiger partial charge is 0.508 e. The number of ether oxygens (including phenoxy) is 1. The van der Waals surface area contributed by atoms with Crippen molar-refractivity contribution in [3.8, 4) is 11.5 Å². The summed E-state index contributed by atoms with van der Waals surface area (Å²) in [4.78, 5) is 13.9. The van der Waals surface area contributed by atoms with Crippen LogP contribution in [-0.2, 0) is 4.74 Å². The molecule has 0 aromatic heterocycles. The number of nitrogens with one attached hydrogen (secondary N) is 1. The van der Waals surface area contributed by atoms with Crippen molar-refractivity contribution in [1.82, 2.24) is 10.2 Å². The molecule has 0 spiro atoms. The maximum Gasteiger partial charge on any atom is 0.410 e. The molecule has 6 nitrogen and oxygen atoms in total. The Morgan fingerprint density at radius 3 is 2.71 bits per heavy atom. The lowest BCUT2D eigenvalue weighted by Gasteiger charge is -2.37. The first-order valence-corrected chi connectivity index (χ1v) is 7.00. The molecule has 1 aliphatic rings. The number of phenols is 2. The van der Waals surface area contributed by atoms with Gasteiger partial charge in [-0.3, -0.25) is 4.90 Å². The molecule has 1 atom stereocenters. The number of carbonyl (C=O) groups excluding carboxylic acids is 1. The van der Waals surface area contributed by atoms with E-state index in [2.05, 4.69) is 5.32 Å². The van der Waals surface area contributed by atoms with E-state index in [-0.39, 0.29) is 17.5 Å². The molecule has 116 valence electrons. The molecular formula is C15H22N2O4. The van der Waals surface area contributed by atoms with Crippen LogP contribution in [0.2, 0.25) is 0 Å². The van der Waals surface area contributed by atoms with Gasteiger partial charge in [-0.25, -0.2) is 4.79 Å². The summed E-state index contributed by atoms with van der Waals surface area (Å²) in [6.45, 7) is 7.16. The lowest BCUT2D eigenvalue weighted by atomic mass is 10.0. The molecule has 3 N–H and O–H groups in total. The van der Waals surface area contributed by atoms with Gasteiger partial charge in [-0.1, -0.05) is 0 Å². The Kier molecular flexibility index (Phi) is 4.27. The lowest BCUT2D eigenvalue weighted by Crippen LogP contribution is -2.50. The van der Waals surface area contributed by atoms with Crippen molar-refractivity contribution in [2.24, 2.45) is 0 Å². The third kappa shape index (κ3) is 3.78. The maximum atomic E-state index is 12.3. The molecule has 0 saturated carbocycles. The van der Waals surface area contributed by atoms with Gasteiger partial charge in [0.15, 0.2) is 0 Å². The van der Waals surface area contributed by atoms with Crippen molar-refractivity contribution < 1.29 is 19.7 Å². The van der Waals surface area contributed by atoms with E-state index >= 15 is 0 Å². The predicted molar refractivity (Wildman–Crippen MR) is 78.3 cm³/mol. The number of hydrogen-bond acceptors (Lipinski definition) is 5. The summed E-state index contributed by atoms with van der Waals surface area (Å²) in [5, 5.41) is 22.6. The van der Waals surface area contributed by atoms with E-state index in [9.17, 15) is 15.0 Å². The molecule has 2 rings (SSSR count). The number of carbonyl (C=O) groups is 1. The first kappa shape index (κ1) is 15.4. The van der Waals surface area contributed by atoms with Crippen LogP contribution in [0.3, 0.4) is 0 Å². The van der Waals surface area contributed by atoms with E-state index in [1.807, 2.05) is 20.8 Å². The number of rotatable bonds is 1. The third-order valence-electron chi connectivity index (χ3n) is 3.24. The molecule has 0 bridgehead atoms. The Morgan fingerprint density at radius 1 is 1.38 bits per heavy atom. The second-order valence-electron chi connectivity index (χ2n) is 6.14. The molecular weight excluding hydrogens is 272 g/mol. The van der Waals surface area contributed by atoms with Gasteiger partial charge >= 0.3 is 6.09 Å². The molecule has 6 heteroatoms. The SMILES string of the molecule is CC(C)(C)OC(=O)N1CCNCC1c1ccc(O)cc1O. The minimum absolute atomic E-state index is 0.0103. The molecule has 1 fully saturated rings. The number of aromatic hydroxyl groups is 2. The van der Waals surface area contributed by atoms with Gasteiger partial charge in [-0.2, -0.15) is 0 Å². The summed E-state index contributed by atoms with van der Waals surface area (Å²) >= 11 is 0. The summed E-state index contributed by atoms with van der Waals surface area (Å²) in [5.41, 5.74) is 0.0228. The minimum Gasteiger partial charge on any atom is -0.508 e. The van der Waals surface area contributed by atoms with Crippen molar-refractivity contribution >= 4 is 6.09 Å². The number of amides is 1. The smallest absolute Gasteiger partial charge is 0.410 e. The normalized spacial score (nSPS) is 19.4. The van der Waals surface area contributed by atoms with Crippen LogP contribution in [0.25, 0.3) is 0 Å². The second kappa shape index (κ2) is 5.81. The number of piperazine rings is 1. The molecule has 1 saturated heterocycles. The highest BCUT2D eigenvalue weighted by Crippen LogP contribution is 2.32. The zero-order valence-corrected chi connectivity index (χ0v) is 12.6. The monoisotopic (exact) mass is 294 g/mol. The van der Waals surface area contributed by atoms with Crippen molar-refractivity contribution in [1.29, 1.82) is 0 Å². The van der Waals surface area contributed by atoms with E-state index < -0.39 is 11.7 Å². The van der Waals surface area contributed by atoms with Gasteiger partial charge in [0.2, 0.25) is 0 Å². The van der Waals surface area contributed by atoms with E-state index in [1.54, 1.807) is 11.0 Å². The molecule has 1 unspecified atom stereocenters. The highest BCUT2D eigenvalue weighted by Gasteiger charge is 2.32. The lowest BCUT2D eigenvalue weighted by molar-refractivity contribution is 0.0116. The van der Waals surface area contributed by atoms with Crippen molar-refractivity contribution in [2.45, 2.75) is 32.4 Å². The first-order valence-electron chi connectivity index (χ1n) is 7.00. The van der Waals surface area contributed by atoms with Crippen LogP contribution in [0.15, 0.2) is 18.2 Å². The van der Waals surface area contributed by atoms with E-state index in [4.69, 9.17) is 4.74 Å². The van der Waals surface area contributed by atoms with Gasteiger partial charge in [-0.15, -0.1) is 0 Å². The molecule has 1 amide bonds. The zero-order chi connectivity index (χ0) is 15.6. The Hall–Kier alpha value is -1.95. The summed E-state index contributed by atoms with van der Waals surface area (Å²) in [6.07, 6.45) is -0.401. The topological polar surface area (TPSA) is 82.0 Å². The average Bonchev–Trinajstić information content (AvgIpc) is 2.37. The zero-order valence-electron chi connectivity index (χ0n) is 12.6. The van der Waals surface area contributed by atoms with Crippen LogP contribution < -0.4 is 5.32 Å². The van der Waals surface area contributed by atoms with Gasteiger partial charge in [0.25, 0.3) is 0 Å². The molecule has 1 aliphatic heterocycles. The first-order chi connectivity index (χ1) is 9.78. The van der Waals surface area contributed by atoms with E-state index in [0.717, 1.165) is 0 Å². The number of phenolic OH excluding ortho intramolecular Hbond substituents is 2. The van der Waals surface area contributed by atoms with Crippen LogP contribution in [-0.4, -0.2) is 46.4 Å². The van der Waals surface area contributed by atoms with Gasteiger partial charge in [0.1, 0.15) is 17.1 Å². The maximum absolute atomic E-state index is 12.3. The number of benzene rings is 1. The summed E-state index contributed by atoms with van der Waals surface area (Å²) in [7, 11) is 0. The third-order valence-corrected chi connectivity index (χ3v) is 3.24. The fourth-order valence-corrected chi connectivity index (χ4v) is 2.34. The van der Waals surface area contributed by atoms with Crippen molar-refractivity contribution in [3.63, 3.8) is 0 Å². The van der Waals surface area contributed by atoms with Gasteiger partial charge in [0, 0.05) is 31.3 Å². The quantitative estimate of drug-likeness (QED) is 0.738. The number of nitrogens with zero attached hydrogens (tertiary/aromatic N) is 1. The molecule has 1 heterocycles. The van der Waals surface area contributed by atoms with Crippen LogP contribution in [0, 0.1) is 0 Å². The summed E-state index contributed by atoms with van der Waals surface area (Å²) in [5.74, 6) is -0.0407. The van der Waals surface area contributed by atoms with Crippen LogP contribution in [0.1, 0.15) is 32.4 Å². The Balaban J connectivity index is 2.24. The van der Waals surface area contributed by atoms with Crippen LogP contribution in [0.5, 0.6) is 11.5 Å².